The molecule has 160 valence electrons. The summed E-state index contributed by atoms with van der Waals surface area (Å²) in [5.74, 6) is -0.622. The Labute approximate surface area is 198 Å². The van der Waals surface area contributed by atoms with Crippen molar-refractivity contribution in [2.24, 2.45) is 5.10 Å². The Morgan fingerprint density at radius 2 is 1.71 bits per heavy atom. The second-order valence-corrected chi connectivity index (χ2v) is 9.88. The average molecular weight is 541 g/mol. The van der Waals surface area contributed by atoms with Gasteiger partial charge in [-0.05, 0) is 48.5 Å². The number of hydrazone groups is 1. The third-order valence-electron chi connectivity index (χ3n) is 4.09. The highest BCUT2D eigenvalue weighted by Crippen LogP contribution is 2.25. The first-order valence-electron chi connectivity index (χ1n) is 8.88. The number of nitrogens with zero attached hydrogens (tertiary/aromatic N) is 2. The van der Waals surface area contributed by atoms with Crippen molar-refractivity contribution >= 4 is 67.0 Å². The molecule has 0 bridgehead atoms. The Morgan fingerprint density at radius 3 is 2.35 bits per heavy atom. The molecule has 3 aromatic carbocycles. The van der Waals surface area contributed by atoms with Crippen LogP contribution in [0.4, 0.5) is 5.69 Å². The lowest BCUT2D eigenvalue weighted by atomic mass is 10.2. The number of carbonyl (C=O) groups excluding carboxylic acids is 1. The van der Waals surface area contributed by atoms with Crippen molar-refractivity contribution in [3.8, 4) is 0 Å². The lowest BCUT2D eigenvalue weighted by Crippen LogP contribution is -2.39. The Balaban J connectivity index is 1.82. The van der Waals surface area contributed by atoms with E-state index in [1.165, 1.54) is 18.3 Å². The van der Waals surface area contributed by atoms with E-state index in [0.29, 0.717) is 21.3 Å². The Kier molecular flexibility index (Phi) is 7.72. The highest BCUT2D eigenvalue weighted by molar-refractivity contribution is 9.10. The van der Waals surface area contributed by atoms with Gasteiger partial charge in [0.05, 0.1) is 21.8 Å². The summed E-state index contributed by atoms with van der Waals surface area (Å²) in [5.41, 5.74) is 3.22. The van der Waals surface area contributed by atoms with Crippen LogP contribution in [0.1, 0.15) is 5.56 Å². The minimum Gasteiger partial charge on any atom is -0.271 e. The van der Waals surface area contributed by atoms with Gasteiger partial charge < -0.3 is 0 Å². The number of anilines is 1. The van der Waals surface area contributed by atoms with Crippen LogP contribution >= 0.6 is 39.1 Å². The first-order chi connectivity index (χ1) is 14.8. The molecule has 0 saturated heterocycles. The summed E-state index contributed by atoms with van der Waals surface area (Å²) in [4.78, 5) is 12.6. The van der Waals surface area contributed by atoms with Gasteiger partial charge in [-0.1, -0.05) is 63.4 Å². The summed E-state index contributed by atoms with van der Waals surface area (Å²) in [5, 5.41) is 4.71. The first kappa shape index (κ1) is 23.3. The average Bonchev–Trinajstić information content (AvgIpc) is 2.75. The third kappa shape index (κ3) is 6.07. The smallest absolute Gasteiger partial charge is 0.264 e. The van der Waals surface area contributed by atoms with Crippen LogP contribution < -0.4 is 9.73 Å². The Bertz CT molecular complexity index is 1200. The van der Waals surface area contributed by atoms with Crippen molar-refractivity contribution in [1.29, 1.82) is 0 Å². The fourth-order valence-electron chi connectivity index (χ4n) is 2.59. The number of nitrogens with one attached hydrogen (secondary N) is 1. The van der Waals surface area contributed by atoms with Crippen molar-refractivity contribution < 1.29 is 13.2 Å². The molecule has 0 spiro atoms. The molecule has 1 N–H and O–H groups in total. The van der Waals surface area contributed by atoms with E-state index in [9.17, 15) is 13.2 Å². The molecule has 6 nitrogen and oxygen atoms in total. The number of carbonyl (C=O) groups is 1. The maximum atomic E-state index is 13.2. The zero-order chi connectivity index (χ0) is 22.4. The zero-order valence-electron chi connectivity index (χ0n) is 15.9. The molecule has 0 aromatic heterocycles. The molecule has 0 aliphatic carbocycles. The van der Waals surface area contributed by atoms with Gasteiger partial charge >= 0.3 is 0 Å². The fraction of sp³-hybridized carbons (Fsp3) is 0.0476. The summed E-state index contributed by atoms with van der Waals surface area (Å²) in [6.45, 7) is -0.468. The van der Waals surface area contributed by atoms with Crippen molar-refractivity contribution in [1.82, 2.24) is 5.43 Å². The van der Waals surface area contributed by atoms with Gasteiger partial charge in [0, 0.05) is 15.1 Å². The van der Waals surface area contributed by atoms with E-state index in [4.69, 9.17) is 23.2 Å². The minimum absolute atomic E-state index is 0.0715. The molecule has 0 radical (unpaired) electrons. The largest absolute Gasteiger partial charge is 0.271 e. The zero-order valence-corrected chi connectivity index (χ0v) is 19.8. The Morgan fingerprint density at radius 1 is 1.03 bits per heavy atom. The van der Waals surface area contributed by atoms with Crippen LogP contribution in [-0.4, -0.2) is 27.1 Å². The van der Waals surface area contributed by atoms with Crippen molar-refractivity contribution in [2.75, 3.05) is 10.8 Å². The molecule has 10 heteroatoms. The van der Waals surface area contributed by atoms with Gasteiger partial charge in [0.25, 0.3) is 15.9 Å². The molecule has 0 aliphatic rings. The lowest BCUT2D eigenvalue weighted by molar-refractivity contribution is -0.119. The van der Waals surface area contributed by atoms with Gasteiger partial charge in [-0.25, -0.2) is 13.8 Å². The molecular formula is C21H16BrCl2N3O3S. The molecule has 31 heavy (non-hydrogen) atoms. The number of amides is 1. The van der Waals surface area contributed by atoms with Gasteiger partial charge in [-0.3, -0.25) is 9.10 Å². The van der Waals surface area contributed by atoms with Gasteiger partial charge in [0.2, 0.25) is 0 Å². The number of sulfonamides is 1. The van der Waals surface area contributed by atoms with Crippen LogP contribution in [0.3, 0.4) is 0 Å². The SMILES string of the molecule is O=C(CN(c1ccc(Br)cc1)S(=O)(=O)c1ccccc1)N/N=C\c1ccc(Cl)cc1Cl. The summed E-state index contributed by atoms with van der Waals surface area (Å²) in [6, 6.07) is 19.3. The minimum atomic E-state index is -3.98. The van der Waals surface area contributed by atoms with E-state index in [2.05, 4.69) is 26.5 Å². The van der Waals surface area contributed by atoms with Crippen LogP contribution in [0, 0.1) is 0 Å². The molecule has 0 unspecified atom stereocenters. The summed E-state index contributed by atoms with van der Waals surface area (Å²) < 4.78 is 28.2. The monoisotopic (exact) mass is 539 g/mol. The molecular weight excluding hydrogens is 525 g/mol. The lowest BCUT2D eigenvalue weighted by Gasteiger charge is -2.23. The molecule has 3 aromatic rings. The van der Waals surface area contributed by atoms with E-state index in [1.807, 2.05) is 0 Å². The second-order valence-electron chi connectivity index (χ2n) is 6.26. The molecule has 0 atom stereocenters. The predicted octanol–water partition coefficient (Wildman–Crippen LogP) is 5.10. The summed E-state index contributed by atoms with van der Waals surface area (Å²) in [6.07, 6.45) is 1.35. The van der Waals surface area contributed by atoms with Crippen molar-refractivity contribution in [3.63, 3.8) is 0 Å². The van der Waals surface area contributed by atoms with Gasteiger partial charge in [-0.15, -0.1) is 0 Å². The molecule has 3 rings (SSSR count). The fourth-order valence-corrected chi connectivity index (χ4v) is 4.75. The van der Waals surface area contributed by atoms with E-state index < -0.39 is 22.5 Å². The molecule has 0 fully saturated rings. The molecule has 0 saturated carbocycles. The van der Waals surface area contributed by atoms with Gasteiger partial charge in [-0.2, -0.15) is 5.10 Å². The topological polar surface area (TPSA) is 78.8 Å². The predicted molar refractivity (Wildman–Crippen MR) is 127 cm³/mol. The first-order valence-corrected chi connectivity index (χ1v) is 11.9. The third-order valence-corrected chi connectivity index (χ3v) is 6.97. The number of hydrogen-bond donors (Lipinski definition) is 1. The maximum absolute atomic E-state index is 13.2. The standard InChI is InChI=1S/C21H16BrCl2N3O3S/c22-16-7-10-18(11-8-16)27(31(29,30)19-4-2-1-3-5-19)14-21(28)26-25-13-15-6-9-17(23)12-20(15)24/h1-13H,14H2,(H,26,28)/b25-13-. The van der Waals surface area contributed by atoms with Crippen LogP contribution in [0.25, 0.3) is 0 Å². The van der Waals surface area contributed by atoms with E-state index in [1.54, 1.807) is 60.7 Å². The second kappa shape index (κ2) is 10.3. The number of halogens is 3. The highest BCUT2D eigenvalue weighted by atomic mass is 79.9. The molecule has 1 amide bonds. The van der Waals surface area contributed by atoms with E-state index in [0.717, 1.165) is 8.78 Å². The van der Waals surface area contributed by atoms with E-state index in [-0.39, 0.29) is 4.90 Å². The molecule has 0 heterocycles. The van der Waals surface area contributed by atoms with Gasteiger partial charge in [0.1, 0.15) is 6.54 Å². The van der Waals surface area contributed by atoms with Gasteiger partial charge in [0.15, 0.2) is 0 Å². The number of hydrogen-bond acceptors (Lipinski definition) is 4. The number of rotatable bonds is 7. The van der Waals surface area contributed by atoms with Crippen LogP contribution in [0.2, 0.25) is 10.0 Å². The normalized spacial score (nSPS) is 11.5. The summed E-state index contributed by atoms with van der Waals surface area (Å²) in [7, 11) is -3.98. The Hall–Kier alpha value is -2.39. The summed E-state index contributed by atoms with van der Waals surface area (Å²) >= 11 is 15.2. The van der Waals surface area contributed by atoms with Crippen molar-refractivity contribution in [2.45, 2.75) is 4.90 Å². The van der Waals surface area contributed by atoms with Crippen LogP contribution in [0.15, 0.2) is 87.3 Å². The maximum Gasteiger partial charge on any atom is 0.264 e. The molecule has 0 aliphatic heterocycles. The van der Waals surface area contributed by atoms with Crippen LogP contribution in [-0.2, 0) is 14.8 Å². The highest BCUT2D eigenvalue weighted by Gasteiger charge is 2.27. The quantitative estimate of drug-likeness (QED) is 0.334. The van der Waals surface area contributed by atoms with Crippen LogP contribution in [0.5, 0.6) is 0 Å². The van der Waals surface area contributed by atoms with Crippen molar-refractivity contribution in [3.05, 3.63) is 92.9 Å². The van der Waals surface area contributed by atoms with E-state index >= 15 is 0 Å². The number of benzene rings is 3.